The molecule has 1 N–H and O–H groups in total. The quantitative estimate of drug-likeness (QED) is 0.157. The summed E-state index contributed by atoms with van der Waals surface area (Å²) < 4.78 is 43.6. The summed E-state index contributed by atoms with van der Waals surface area (Å²) in [5.41, 5.74) is 4.62. The largest absolute Gasteiger partial charge is 0.490 e. The molecule has 3 aliphatic heterocycles. The Kier molecular flexibility index (Phi) is 11.9. The molecule has 0 aromatic heterocycles. The minimum Gasteiger partial charge on any atom is -0.490 e. The lowest BCUT2D eigenvalue weighted by Crippen LogP contribution is -2.53. The maximum atomic E-state index is 13.8. The first kappa shape index (κ1) is 36.5. The monoisotopic (exact) mass is 725 g/mol. The van der Waals surface area contributed by atoms with Crippen LogP contribution in [-0.4, -0.2) is 94.0 Å². The minimum absolute atomic E-state index is 0.0335. The zero-order valence-electron chi connectivity index (χ0n) is 30.1. The van der Waals surface area contributed by atoms with Gasteiger partial charge >= 0.3 is 6.09 Å². The molecule has 1 amide bonds. The maximum absolute atomic E-state index is 13.8. The number of fused-ring (bicyclic) bond motifs is 1. The first-order valence-corrected chi connectivity index (χ1v) is 18.5. The number of anilines is 2. The highest BCUT2D eigenvalue weighted by molar-refractivity contribution is 5.68. The van der Waals surface area contributed by atoms with Crippen LogP contribution in [0.2, 0.25) is 0 Å². The van der Waals surface area contributed by atoms with Crippen LogP contribution in [0, 0.1) is 5.82 Å². The molecule has 4 aromatic carbocycles. The van der Waals surface area contributed by atoms with Gasteiger partial charge in [0.25, 0.3) is 0 Å². The molecule has 10 nitrogen and oxygen atoms in total. The van der Waals surface area contributed by atoms with Crippen molar-refractivity contribution in [1.29, 1.82) is 0 Å². The van der Waals surface area contributed by atoms with Crippen molar-refractivity contribution in [3.63, 3.8) is 0 Å². The standard InChI is InChI=1S/C42H48FN3O7/c1-49-21-6-18-44-20-22-50-39-16-11-31(23-37(39)44)29-51-40-27-46(42(48)52-28-30-7-3-2-4-8-30)26-38(47)41(40)32-12-14-35(15-13-32)53-36-17-19-45(25-36)34-10-5-9-33(43)24-34/h2-5,7-16,23-24,36,38,40-41,47H,6,17-22,25-29H2,1H3/t36?,38-,40+,41+/m1/s1. The van der Waals surface area contributed by atoms with Gasteiger partial charge in [-0.2, -0.15) is 0 Å². The van der Waals surface area contributed by atoms with Crippen molar-refractivity contribution in [2.24, 2.45) is 0 Å². The van der Waals surface area contributed by atoms with Crippen LogP contribution in [0.25, 0.3) is 0 Å². The third kappa shape index (κ3) is 9.22. The van der Waals surface area contributed by atoms with Gasteiger partial charge in [0.2, 0.25) is 0 Å². The highest BCUT2D eigenvalue weighted by Crippen LogP contribution is 2.36. The Balaban J connectivity index is 1.04. The number of carbonyl (C=O) groups excluding carboxylic acids is 1. The summed E-state index contributed by atoms with van der Waals surface area (Å²) in [4.78, 5) is 19.3. The third-order valence-corrected chi connectivity index (χ3v) is 10.2. The molecule has 11 heteroatoms. The molecule has 0 saturated carbocycles. The molecule has 2 fully saturated rings. The molecular formula is C42H48FN3O7. The molecule has 280 valence electrons. The van der Waals surface area contributed by atoms with Crippen molar-refractivity contribution in [3.8, 4) is 11.5 Å². The van der Waals surface area contributed by atoms with E-state index in [1.807, 2.05) is 72.8 Å². The Morgan fingerprint density at radius 1 is 0.906 bits per heavy atom. The van der Waals surface area contributed by atoms with E-state index in [1.54, 1.807) is 19.2 Å². The Bertz CT molecular complexity index is 1800. The Labute approximate surface area is 310 Å². The number of β-amino-alcohol motifs (C(OH)–C–C–N with tert-alkyl or cyclic N) is 1. The van der Waals surface area contributed by atoms with Crippen LogP contribution in [0.1, 0.15) is 35.4 Å². The fourth-order valence-corrected chi connectivity index (χ4v) is 7.48. The molecule has 3 heterocycles. The highest BCUT2D eigenvalue weighted by atomic mass is 19.1. The van der Waals surface area contributed by atoms with E-state index in [0.29, 0.717) is 19.8 Å². The molecule has 4 aromatic rings. The van der Waals surface area contributed by atoms with Crippen molar-refractivity contribution in [2.75, 3.05) is 69.4 Å². The second-order valence-corrected chi connectivity index (χ2v) is 13.9. The molecule has 0 spiro atoms. The lowest BCUT2D eigenvalue weighted by molar-refractivity contribution is -0.0692. The smallest absolute Gasteiger partial charge is 0.410 e. The van der Waals surface area contributed by atoms with Crippen LogP contribution in [0.5, 0.6) is 11.5 Å². The SMILES string of the molecule is COCCCN1CCOc2ccc(CO[C@H]3CN(C(=O)OCc4ccccc4)C[C@@H](O)[C@@H]3c3ccc(OC4CCN(c5cccc(F)c5)C4)cc3)cc21. The average molecular weight is 726 g/mol. The third-order valence-electron chi connectivity index (χ3n) is 10.2. The number of aliphatic hydroxyl groups is 1. The van der Waals surface area contributed by atoms with Crippen LogP contribution in [0.15, 0.2) is 97.1 Å². The van der Waals surface area contributed by atoms with Crippen molar-refractivity contribution in [2.45, 2.75) is 50.3 Å². The summed E-state index contributed by atoms with van der Waals surface area (Å²) in [6, 6.07) is 30.0. The topological polar surface area (TPSA) is 93.2 Å². The van der Waals surface area contributed by atoms with Gasteiger partial charge in [0.05, 0.1) is 50.7 Å². The van der Waals surface area contributed by atoms with Crippen molar-refractivity contribution in [3.05, 3.63) is 120 Å². The predicted octanol–water partition coefficient (Wildman–Crippen LogP) is 6.40. The summed E-state index contributed by atoms with van der Waals surface area (Å²) >= 11 is 0. The lowest BCUT2D eigenvalue weighted by Gasteiger charge is -2.41. The number of carbonyl (C=O) groups is 1. The van der Waals surface area contributed by atoms with Gasteiger partial charge in [-0.1, -0.05) is 54.6 Å². The Morgan fingerprint density at radius 2 is 1.75 bits per heavy atom. The molecular weight excluding hydrogens is 677 g/mol. The van der Waals surface area contributed by atoms with Gasteiger partial charge in [-0.25, -0.2) is 9.18 Å². The van der Waals surface area contributed by atoms with E-state index in [2.05, 4.69) is 15.9 Å². The number of nitrogens with zero attached hydrogens (tertiary/aromatic N) is 3. The molecule has 2 saturated heterocycles. The molecule has 0 bridgehead atoms. The van der Waals surface area contributed by atoms with E-state index >= 15 is 0 Å². The van der Waals surface area contributed by atoms with E-state index < -0.39 is 24.2 Å². The number of hydrogen-bond acceptors (Lipinski definition) is 9. The predicted molar refractivity (Wildman–Crippen MR) is 200 cm³/mol. The van der Waals surface area contributed by atoms with Crippen LogP contribution in [0.3, 0.4) is 0 Å². The van der Waals surface area contributed by atoms with Gasteiger partial charge in [-0.05, 0) is 65.6 Å². The number of halogens is 1. The molecule has 1 unspecified atom stereocenters. The maximum Gasteiger partial charge on any atom is 0.410 e. The lowest BCUT2D eigenvalue weighted by atomic mass is 9.84. The summed E-state index contributed by atoms with van der Waals surface area (Å²) in [7, 11) is 1.71. The second-order valence-electron chi connectivity index (χ2n) is 13.9. The first-order valence-electron chi connectivity index (χ1n) is 18.5. The van der Waals surface area contributed by atoms with Crippen molar-refractivity contribution < 1.29 is 38.0 Å². The number of methoxy groups -OCH3 is 1. The molecule has 0 radical (unpaired) electrons. The number of amides is 1. The van der Waals surface area contributed by atoms with Gasteiger partial charge < -0.3 is 43.5 Å². The van der Waals surface area contributed by atoms with Gasteiger partial charge in [0.15, 0.2) is 0 Å². The zero-order chi connectivity index (χ0) is 36.6. The minimum atomic E-state index is -0.896. The summed E-state index contributed by atoms with van der Waals surface area (Å²) in [5.74, 6) is 0.917. The van der Waals surface area contributed by atoms with E-state index in [-0.39, 0.29) is 38.2 Å². The van der Waals surface area contributed by atoms with Crippen molar-refractivity contribution in [1.82, 2.24) is 4.90 Å². The van der Waals surface area contributed by atoms with Crippen LogP contribution >= 0.6 is 0 Å². The van der Waals surface area contributed by atoms with E-state index in [1.165, 1.54) is 11.0 Å². The fraction of sp³-hybridized carbons (Fsp3) is 0.405. The van der Waals surface area contributed by atoms with Crippen LogP contribution in [0.4, 0.5) is 20.6 Å². The molecule has 7 rings (SSSR count). The Hall–Kier alpha value is -4.84. The number of hydrogen-bond donors (Lipinski definition) is 1. The number of aliphatic hydroxyl groups excluding tert-OH is 1. The molecule has 3 aliphatic rings. The second kappa shape index (κ2) is 17.3. The number of likely N-dealkylation sites (tertiary alicyclic amines) is 1. The average Bonchev–Trinajstić information content (AvgIpc) is 3.65. The van der Waals surface area contributed by atoms with E-state index in [9.17, 15) is 14.3 Å². The number of piperidine rings is 1. The summed E-state index contributed by atoms with van der Waals surface area (Å²) in [5, 5.41) is 11.6. The van der Waals surface area contributed by atoms with Gasteiger partial charge in [-0.3, -0.25) is 0 Å². The molecule has 0 aliphatic carbocycles. The zero-order valence-corrected chi connectivity index (χ0v) is 30.1. The number of benzene rings is 4. The first-order chi connectivity index (χ1) is 25.9. The van der Waals surface area contributed by atoms with Gasteiger partial charge in [-0.15, -0.1) is 0 Å². The normalized spacial score (nSPS) is 21.2. The van der Waals surface area contributed by atoms with E-state index in [0.717, 1.165) is 72.0 Å². The highest BCUT2D eigenvalue weighted by Gasteiger charge is 2.40. The summed E-state index contributed by atoms with van der Waals surface area (Å²) in [6.45, 7) is 5.21. The Morgan fingerprint density at radius 3 is 2.57 bits per heavy atom. The van der Waals surface area contributed by atoms with Crippen molar-refractivity contribution >= 4 is 17.5 Å². The number of ether oxygens (including phenoxy) is 5. The van der Waals surface area contributed by atoms with Crippen LogP contribution < -0.4 is 19.3 Å². The fourth-order valence-electron chi connectivity index (χ4n) is 7.48. The van der Waals surface area contributed by atoms with Crippen LogP contribution in [-0.2, 0) is 27.4 Å². The van der Waals surface area contributed by atoms with Gasteiger partial charge in [0, 0.05) is 44.8 Å². The van der Waals surface area contributed by atoms with Gasteiger partial charge in [0.1, 0.15) is 36.6 Å². The number of rotatable bonds is 13. The molecule has 4 atom stereocenters. The van der Waals surface area contributed by atoms with E-state index in [4.69, 9.17) is 23.7 Å². The summed E-state index contributed by atoms with van der Waals surface area (Å²) in [6.07, 6.45) is -0.209. The molecule has 53 heavy (non-hydrogen) atoms.